The molecule has 142 valence electrons. The first-order valence-corrected chi connectivity index (χ1v) is 9.84. The molecule has 0 saturated carbocycles. The summed E-state index contributed by atoms with van der Waals surface area (Å²) in [5.41, 5.74) is 1.58. The molecule has 2 heterocycles. The van der Waals surface area contributed by atoms with Crippen LogP contribution in [0.3, 0.4) is 0 Å². The van der Waals surface area contributed by atoms with Crippen LogP contribution in [0.15, 0.2) is 47.6 Å². The number of nitrogens with zero attached hydrogens (tertiary/aromatic N) is 2. The molecule has 3 rings (SSSR count). The first-order valence-electron chi connectivity index (χ1n) is 8.40. The monoisotopic (exact) mass is 397 g/mol. The van der Waals surface area contributed by atoms with Crippen molar-refractivity contribution in [1.82, 2.24) is 14.6 Å². The number of rotatable bonds is 5. The van der Waals surface area contributed by atoms with Gasteiger partial charge in [0.25, 0.3) is 0 Å². The van der Waals surface area contributed by atoms with Crippen molar-refractivity contribution in [3.63, 3.8) is 0 Å². The van der Waals surface area contributed by atoms with Gasteiger partial charge in [-0.15, -0.1) is 12.4 Å². The van der Waals surface area contributed by atoms with Crippen LogP contribution in [-0.2, 0) is 10.0 Å². The number of benzene rings is 1. The van der Waals surface area contributed by atoms with Crippen molar-refractivity contribution in [3.8, 4) is 5.75 Å². The van der Waals surface area contributed by atoms with E-state index in [1.807, 2.05) is 19.1 Å². The summed E-state index contributed by atoms with van der Waals surface area (Å²) in [6, 6.07) is 8.61. The third-order valence-electron chi connectivity index (χ3n) is 4.31. The molecular formula is C18H24ClN3O3S. The summed E-state index contributed by atoms with van der Waals surface area (Å²) in [5.74, 6) is 0.683. The van der Waals surface area contributed by atoms with Gasteiger partial charge in [0.15, 0.2) is 0 Å². The highest BCUT2D eigenvalue weighted by Crippen LogP contribution is 2.31. The summed E-state index contributed by atoms with van der Waals surface area (Å²) in [4.78, 5) is 4.46. The predicted octanol–water partition coefficient (Wildman–Crippen LogP) is 2.55. The number of nitrogens with one attached hydrogen (secondary N) is 1. The zero-order valence-electron chi connectivity index (χ0n) is 14.9. The Morgan fingerprint density at radius 1 is 1.35 bits per heavy atom. The molecule has 0 aliphatic carbocycles. The summed E-state index contributed by atoms with van der Waals surface area (Å²) in [5, 5.41) is 3.27. The molecule has 1 aliphatic heterocycles. The molecule has 0 radical (unpaired) electrons. The standard InChI is InChI=1S/C18H23N3O3S.ClH/c1-3-24-16-6-7-18(14(2)11-16)25(22,23)21-10-9-20-13-17(21)15-5-4-8-19-12-15;/h4-8,11-12,17,20H,3,9-10,13H2,1-2H3;1H. The lowest BCUT2D eigenvalue weighted by atomic mass is 10.1. The van der Waals surface area contributed by atoms with Crippen molar-refractivity contribution in [2.45, 2.75) is 24.8 Å². The molecule has 6 nitrogen and oxygen atoms in total. The zero-order valence-corrected chi connectivity index (χ0v) is 16.5. The van der Waals surface area contributed by atoms with Crippen LogP contribution in [0.25, 0.3) is 0 Å². The number of piperazine rings is 1. The van der Waals surface area contributed by atoms with Crippen molar-refractivity contribution in [2.75, 3.05) is 26.2 Å². The van der Waals surface area contributed by atoms with Crippen LogP contribution in [0, 0.1) is 6.92 Å². The molecule has 8 heteroatoms. The fraction of sp³-hybridized carbons (Fsp3) is 0.389. The predicted molar refractivity (Wildman–Crippen MR) is 103 cm³/mol. The molecule has 0 bridgehead atoms. The van der Waals surface area contributed by atoms with Crippen molar-refractivity contribution in [3.05, 3.63) is 53.9 Å². The molecule has 1 atom stereocenters. The second kappa shape index (κ2) is 8.81. The fourth-order valence-corrected chi connectivity index (χ4v) is 4.95. The maximum Gasteiger partial charge on any atom is 0.243 e. The average molecular weight is 398 g/mol. The van der Waals surface area contributed by atoms with Gasteiger partial charge in [0.2, 0.25) is 10.0 Å². The minimum atomic E-state index is -3.61. The van der Waals surface area contributed by atoms with Gasteiger partial charge in [-0.3, -0.25) is 4.98 Å². The molecule has 1 saturated heterocycles. The second-order valence-corrected chi connectivity index (χ2v) is 7.84. The van der Waals surface area contributed by atoms with Crippen LogP contribution in [0.5, 0.6) is 5.75 Å². The van der Waals surface area contributed by atoms with E-state index in [4.69, 9.17) is 4.74 Å². The molecule has 26 heavy (non-hydrogen) atoms. The van der Waals surface area contributed by atoms with E-state index in [0.717, 1.165) is 5.56 Å². The van der Waals surface area contributed by atoms with E-state index in [9.17, 15) is 8.42 Å². The second-order valence-electron chi connectivity index (χ2n) is 5.98. The number of halogens is 1. The van der Waals surface area contributed by atoms with Gasteiger partial charge in [-0.2, -0.15) is 4.31 Å². The number of hydrogen-bond donors (Lipinski definition) is 1. The lowest BCUT2D eigenvalue weighted by molar-refractivity contribution is 0.271. The molecule has 1 N–H and O–H groups in total. The maximum absolute atomic E-state index is 13.3. The highest BCUT2D eigenvalue weighted by atomic mass is 35.5. The summed E-state index contributed by atoms with van der Waals surface area (Å²) in [7, 11) is -3.61. The maximum atomic E-state index is 13.3. The normalized spacial score (nSPS) is 18.2. The van der Waals surface area contributed by atoms with Crippen LogP contribution in [0.2, 0.25) is 0 Å². The molecular weight excluding hydrogens is 374 g/mol. The Labute approximate surface area is 161 Å². The first kappa shape index (κ1) is 20.6. The minimum absolute atomic E-state index is 0. The van der Waals surface area contributed by atoms with E-state index >= 15 is 0 Å². The lowest BCUT2D eigenvalue weighted by Crippen LogP contribution is -2.48. The third-order valence-corrected chi connectivity index (χ3v) is 6.38. The first-order chi connectivity index (χ1) is 12.0. The largest absolute Gasteiger partial charge is 0.494 e. The minimum Gasteiger partial charge on any atom is -0.494 e. The summed E-state index contributed by atoms with van der Waals surface area (Å²) in [6.07, 6.45) is 3.42. The number of ether oxygens (including phenoxy) is 1. The van der Waals surface area contributed by atoms with Crippen molar-refractivity contribution < 1.29 is 13.2 Å². The van der Waals surface area contributed by atoms with Gasteiger partial charge in [0.05, 0.1) is 17.5 Å². The van der Waals surface area contributed by atoms with E-state index < -0.39 is 10.0 Å². The third kappa shape index (κ3) is 4.17. The van der Waals surface area contributed by atoms with Gasteiger partial charge < -0.3 is 10.1 Å². The van der Waals surface area contributed by atoms with Crippen LogP contribution in [0.1, 0.15) is 24.1 Å². The zero-order chi connectivity index (χ0) is 17.9. The van der Waals surface area contributed by atoms with E-state index in [1.165, 1.54) is 0 Å². The van der Waals surface area contributed by atoms with E-state index in [1.54, 1.807) is 41.8 Å². The van der Waals surface area contributed by atoms with Gasteiger partial charge in [0, 0.05) is 32.0 Å². The van der Waals surface area contributed by atoms with E-state index in [0.29, 0.717) is 42.4 Å². The van der Waals surface area contributed by atoms with Crippen LogP contribution in [-0.4, -0.2) is 43.9 Å². The quantitative estimate of drug-likeness (QED) is 0.839. The Kier molecular flexibility index (Phi) is 7.00. The average Bonchev–Trinajstić information content (AvgIpc) is 2.62. The fourth-order valence-electron chi connectivity index (χ4n) is 3.12. The van der Waals surface area contributed by atoms with Gasteiger partial charge in [-0.25, -0.2) is 8.42 Å². The van der Waals surface area contributed by atoms with E-state index in [2.05, 4.69) is 10.3 Å². The summed E-state index contributed by atoms with van der Waals surface area (Å²) < 4.78 is 33.6. The summed E-state index contributed by atoms with van der Waals surface area (Å²) in [6.45, 7) is 5.88. The molecule has 2 aromatic rings. The molecule has 1 aliphatic rings. The highest BCUT2D eigenvalue weighted by molar-refractivity contribution is 7.89. The summed E-state index contributed by atoms with van der Waals surface area (Å²) >= 11 is 0. The van der Waals surface area contributed by atoms with Crippen LogP contribution >= 0.6 is 12.4 Å². The van der Waals surface area contributed by atoms with E-state index in [-0.39, 0.29) is 18.4 Å². The van der Waals surface area contributed by atoms with Crippen LogP contribution < -0.4 is 10.1 Å². The van der Waals surface area contributed by atoms with Crippen molar-refractivity contribution in [2.24, 2.45) is 0 Å². The Bertz CT molecular complexity index is 831. The van der Waals surface area contributed by atoms with Gasteiger partial charge >= 0.3 is 0 Å². The van der Waals surface area contributed by atoms with Crippen molar-refractivity contribution in [1.29, 1.82) is 0 Å². The lowest BCUT2D eigenvalue weighted by Gasteiger charge is -2.35. The van der Waals surface area contributed by atoms with Gasteiger partial charge in [0.1, 0.15) is 5.75 Å². The topological polar surface area (TPSA) is 71.5 Å². The molecule has 1 aromatic carbocycles. The number of pyridine rings is 1. The number of sulfonamides is 1. The smallest absolute Gasteiger partial charge is 0.243 e. The van der Waals surface area contributed by atoms with Gasteiger partial charge in [-0.05, 0) is 49.2 Å². The Balaban J connectivity index is 0.00000243. The Morgan fingerprint density at radius 3 is 2.81 bits per heavy atom. The Hall–Kier alpha value is -1.67. The van der Waals surface area contributed by atoms with Gasteiger partial charge in [-0.1, -0.05) is 6.07 Å². The van der Waals surface area contributed by atoms with Crippen molar-refractivity contribution >= 4 is 22.4 Å². The molecule has 1 fully saturated rings. The number of hydrogen-bond acceptors (Lipinski definition) is 5. The molecule has 1 aromatic heterocycles. The molecule has 0 amide bonds. The number of aryl methyl sites for hydroxylation is 1. The molecule has 1 unspecified atom stereocenters. The Morgan fingerprint density at radius 2 is 2.15 bits per heavy atom. The molecule has 0 spiro atoms. The highest BCUT2D eigenvalue weighted by Gasteiger charge is 2.35. The number of aromatic nitrogens is 1. The van der Waals surface area contributed by atoms with Crippen LogP contribution in [0.4, 0.5) is 0 Å². The SMILES string of the molecule is CCOc1ccc(S(=O)(=O)N2CCNCC2c2cccnc2)c(C)c1.Cl.